The quantitative estimate of drug-likeness (QED) is 0.938. The van der Waals surface area contributed by atoms with E-state index in [2.05, 4.69) is 23.9 Å². The molecule has 1 atom stereocenters. The summed E-state index contributed by atoms with van der Waals surface area (Å²) in [5.41, 5.74) is 10.1. The molecule has 0 aliphatic heterocycles. The summed E-state index contributed by atoms with van der Waals surface area (Å²) in [6, 6.07) is 3.88. The fraction of sp³-hybridized carbons (Fsp3) is 0.429. The van der Waals surface area contributed by atoms with E-state index in [4.69, 9.17) is 17.3 Å². The molecule has 5 heteroatoms. The van der Waals surface area contributed by atoms with Crippen LogP contribution in [0, 0.1) is 13.8 Å². The molecule has 1 unspecified atom stereocenters. The van der Waals surface area contributed by atoms with Crippen LogP contribution in [-0.4, -0.2) is 14.8 Å². The standard InChI is InChI=1S/C14H19ClN4/c1-8(2)19-14(12(15)7-17-19)13(16)11-6-5-9(3)18-10(11)4/h5-8,13H,16H2,1-4H3. The molecule has 0 aliphatic rings. The van der Waals surface area contributed by atoms with E-state index in [1.54, 1.807) is 6.20 Å². The number of nitrogens with two attached hydrogens (primary N) is 1. The van der Waals surface area contributed by atoms with Crippen molar-refractivity contribution < 1.29 is 0 Å². The summed E-state index contributed by atoms with van der Waals surface area (Å²) >= 11 is 6.23. The van der Waals surface area contributed by atoms with Crippen LogP contribution in [0.5, 0.6) is 0 Å². The van der Waals surface area contributed by atoms with E-state index in [9.17, 15) is 0 Å². The molecule has 4 nitrogen and oxygen atoms in total. The highest BCUT2D eigenvalue weighted by Gasteiger charge is 2.21. The molecule has 0 saturated heterocycles. The lowest BCUT2D eigenvalue weighted by atomic mass is 10.0. The van der Waals surface area contributed by atoms with Crippen LogP contribution in [-0.2, 0) is 0 Å². The number of pyridine rings is 1. The lowest BCUT2D eigenvalue weighted by Gasteiger charge is -2.19. The van der Waals surface area contributed by atoms with Gasteiger partial charge in [-0.3, -0.25) is 9.67 Å². The molecule has 0 fully saturated rings. The Bertz CT molecular complexity index is 589. The average molecular weight is 279 g/mol. The third kappa shape index (κ3) is 2.65. The minimum Gasteiger partial charge on any atom is -0.319 e. The highest BCUT2D eigenvalue weighted by atomic mass is 35.5. The van der Waals surface area contributed by atoms with Crippen molar-refractivity contribution in [2.24, 2.45) is 5.73 Å². The van der Waals surface area contributed by atoms with E-state index >= 15 is 0 Å². The van der Waals surface area contributed by atoms with Crippen molar-refractivity contribution in [3.8, 4) is 0 Å². The van der Waals surface area contributed by atoms with Crippen LogP contribution in [0.4, 0.5) is 0 Å². The fourth-order valence-electron chi connectivity index (χ4n) is 2.23. The van der Waals surface area contributed by atoms with Crippen molar-refractivity contribution in [2.45, 2.75) is 39.8 Å². The zero-order valence-electron chi connectivity index (χ0n) is 11.7. The maximum atomic E-state index is 6.37. The lowest BCUT2D eigenvalue weighted by Crippen LogP contribution is -2.20. The van der Waals surface area contributed by atoms with E-state index in [0.717, 1.165) is 22.6 Å². The summed E-state index contributed by atoms with van der Waals surface area (Å²) in [4.78, 5) is 4.46. The van der Waals surface area contributed by atoms with Crippen molar-refractivity contribution in [2.75, 3.05) is 0 Å². The van der Waals surface area contributed by atoms with Crippen molar-refractivity contribution in [1.29, 1.82) is 0 Å². The van der Waals surface area contributed by atoms with Crippen LogP contribution in [0.25, 0.3) is 0 Å². The zero-order chi connectivity index (χ0) is 14.2. The van der Waals surface area contributed by atoms with Gasteiger partial charge in [-0.15, -0.1) is 0 Å². The maximum absolute atomic E-state index is 6.37. The maximum Gasteiger partial charge on any atom is 0.0837 e. The minimum absolute atomic E-state index is 0.215. The van der Waals surface area contributed by atoms with Gasteiger partial charge in [-0.05, 0) is 39.3 Å². The smallest absolute Gasteiger partial charge is 0.0837 e. The number of rotatable bonds is 3. The topological polar surface area (TPSA) is 56.7 Å². The number of halogens is 1. The molecule has 0 saturated carbocycles. The number of hydrogen-bond donors (Lipinski definition) is 1. The highest BCUT2D eigenvalue weighted by molar-refractivity contribution is 6.31. The van der Waals surface area contributed by atoms with Crippen molar-refractivity contribution in [1.82, 2.24) is 14.8 Å². The van der Waals surface area contributed by atoms with Crippen molar-refractivity contribution in [3.05, 3.63) is 46.0 Å². The van der Waals surface area contributed by atoms with E-state index in [1.165, 1.54) is 0 Å². The summed E-state index contributed by atoms with van der Waals surface area (Å²) in [5, 5.41) is 4.89. The van der Waals surface area contributed by atoms with Crippen molar-refractivity contribution >= 4 is 11.6 Å². The average Bonchev–Trinajstić information content (AvgIpc) is 2.70. The second kappa shape index (κ2) is 5.31. The van der Waals surface area contributed by atoms with Gasteiger partial charge in [0.25, 0.3) is 0 Å². The van der Waals surface area contributed by atoms with Gasteiger partial charge in [0.05, 0.1) is 23.0 Å². The van der Waals surface area contributed by atoms with Gasteiger partial charge in [-0.2, -0.15) is 5.10 Å². The Morgan fingerprint density at radius 1 is 1.26 bits per heavy atom. The molecule has 2 aromatic heterocycles. The zero-order valence-corrected chi connectivity index (χ0v) is 12.4. The first kappa shape index (κ1) is 14.0. The Balaban J connectivity index is 2.49. The van der Waals surface area contributed by atoms with E-state index in [0.29, 0.717) is 5.02 Å². The summed E-state index contributed by atoms with van der Waals surface area (Å²) in [6.45, 7) is 8.04. The van der Waals surface area contributed by atoms with Gasteiger partial charge >= 0.3 is 0 Å². The van der Waals surface area contributed by atoms with Gasteiger partial charge in [-0.1, -0.05) is 17.7 Å². The van der Waals surface area contributed by atoms with Gasteiger partial charge < -0.3 is 5.73 Å². The summed E-state index contributed by atoms with van der Waals surface area (Å²) in [5.74, 6) is 0. The van der Waals surface area contributed by atoms with Crippen LogP contribution in [0.2, 0.25) is 5.02 Å². The fourth-order valence-corrected chi connectivity index (χ4v) is 2.47. The lowest BCUT2D eigenvalue weighted by molar-refractivity contribution is 0.498. The molecule has 2 aromatic rings. The molecule has 2 N–H and O–H groups in total. The first-order valence-electron chi connectivity index (χ1n) is 6.34. The van der Waals surface area contributed by atoms with E-state index in [1.807, 2.05) is 30.7 Å². The first-order chi connectivity index (χ1) is 8.91. The second-order valence-electron chi connectivity index (χ2n) is 5.02. The van der Waals surface area contributed by atoms with Crippen LogP contribution < -0.4 is 5.73 Å². The third-order valence-corrected chi connectivity index (χ3v) is 3.46. The molecule has 0 amide bonds. The monoisotopic (exact) mass is 278 g/mol. The summed E-state index contributed by atoms with van der Waals surface area (Å²) in [7, 11) is 0. The molecular formula is C14H19ClN4. The molecule has 19 heavy (non-hydrogen) atoms. The van der Waals surface area contributed by atoms with Crippen molar-refractivity contribution in [3.63, 3.8) is 0 Å². The molecule has 2 rings (SSSR count). The van der Waals surface area contributed by atoms with Gasteiger partial charge in [0.15, 0.2) is 0 Å². The Hall–Kier alpha value is -1.39. The molecular weight excluding hydrogens is 260 g/mol. The Morgan fingerprint density at radius 3 is 2.53 bits per heavy atom. The number of aromatic nitrogens is 3. The third-order valence-electron chi connectivity index (χ3n) is 3.17. The van der Waals surface area contributed by atoms with Gasteiger partial charge in [0.1, 0.15) is 0 Å². The largest absolute Gasteiger partial charge is 0.319 e. The van der Waals surface area contributed by atoms with Crippen LogP contribution in [0.3, 0.4) is 0 Å². The normalized spacial score (nSPS) is 13.0. The molecule has 0 bridgehead atoms. The Kier molecular flexibility index (Phi) is 3.92. The van der Waals surface area contributed by atoms with Gasteiger partial charge in [-0.25, -0.2) is 0 Å². The predicted molar refractivity (Wildman–Crippen MR) is 77.4 cm³/mol. The minimum atomic E-state index is -0.314. The second-order valence-corrected chi connectivity index (χ2v) is 5.43. The summed E-state index contributed by atoms with van der Waals surface area (Å²) < 4.78 is 1.87. The Labute approximate surface area is 118 Å². The highest BCUT2D eigenvalue weighted by Crippen LogP contribution is 2.29. The Morgan fingerprint density at radius 2 is 1.95 bits per heavy atom. The van der Waals surface area contributed by atoms with E-state index in [-0.39, 0.29) is 12.1 Å². The first-order valence-corrected chi connectivity index (χ1v) is 6.72. The van der Waals surface area contributed by atoms with Gasteiger partial charge in [0.2, 0.25) is 0 Å². The molecule has 102 valence electrons. The molecule has 0 radical (unpaired) electrons. The molecule has 0 aromatic carbocycles. The molecule has 0 spiro atoms. The summed E-state index contributed by atoms with van der Waals surface area (Å²) in [6.07, 6.45) is 1.65. The van der Waals surface area contributed by atoms with Crippen LogP contribution in [0.1, 0.15) is 48.6 Å². The molecule has 0 aliphatic carbocycles. The van der Waals surface area contributed by atoms with Crippen LogP contribution >= 0.6 is 11.6 Å². The molecule has 2 heterocycles. The van der Waals surface area contributed by atoms with E-state index < -0.39 is 0 Å². The number of nitrogens with zero attached hydrogens (tertiary/aromatic N) is 3. The number of aryl methyl sites for hydroxylation is 2. The number of hydrogen-bond acceptors (Lipinski definition) is 3. The SMILES string of the molecule is Cc1ccc(C(N)c2c(Cl)cnn2C(C)C)c(C)n1. The van der Waals surface area contributed by atoms with Gasteiger partial charge in [0, 0.05) is 17.4 Å². The predicted octanol–water partition coefficient (Wildman–Crippen LogP) is 3.18. The van der Waals surface area contributed by atoms with Crippen LogP contribution in [0.15, 0.2) is 18.3 Å².